The number of halogens is 1. The number of carboxylic acid groups (broad SMARTS) is 1. The lowest BCUT2D eigenvalue weighted by atomic mass is 9.96. The molecule has 2 heterocycles. The molecule has 0 saturated heterocycles. The van der Waals surface area contributed by atoms with Gasteiger partial charge in [0.25, 0.3) is 0 Å². The molecule has 0 spiro atoms. The normalized spacial score (nSPS) is 18.4. The van der Waals surface area contributed by atoms with Crippen molar-refractivity contribution in [1.29, 1.82) is 5.26 Å². The van der Waals surface area contributed by atoms with Crippen molar-refractivity contribution in [2.45, 2.75) is 13.3 Å². The molecule has 1 N–H and O–H groups in total. The van der Waals surface area contributed by atoms with Gasteiger partial charge in [-0.05, 0) is 28.4 Å². The molecule has 6 heteroatoms. The van der Waals surface area contributed by atoms with Crippen molar-refractivity contribution in [2.75, 3.05) is 11.4 Å². The fourth-order valence-corrected chi connectivity index (χ4v) is 2.29. The van der Waals surface area contributed by atoms with Crippen molar-refractivity contribution >= 4 is 27.7 Å². The fourth-order valence-electron chi connectivity index (χ4n) is 2.00. The van der Waals surface area contributed by atoms with Crippen molar-refractivity contribution < 1.29 is 9.90 Å². The quantitative estimate of drug-likeness (QED) is 0.797. The van der Waals surface area contributed by atoms with E-state index in [1.165, 1.54) is 4.90 Å². The molecule has 1 aliphatic rings. The largest absolute Gasteiger partial charge is 0.465 e. The number of pyridine rings is 1. The van der Waals surface area contributed by atoms with Crippen LogP contribution < -0.4 is 4.90 Å². The molecular weight excluding hydrogens is 286 g/mol. The Hall–Kier alpha value is -1.61. The third-order valence-corrected chi connectivity index (χ3v) is 3.65. The highest BCUT2D eigenvalue weighted by atomic mass is 79.9. The van der Waals surface area contributed by atoms with Gasteiger partial charge in [-0.2, -0.15) is 5.26 Å². The van der Waals surface area contributed by atoms with Crippen molar-refractivity contribution in [3.8, 4) is 6.07 Å². The fraction of sp³-hybridized carbons (Fsp3) is 0.364. The summed E-state index contributed by atoms with van der Waals surface area (Å²) in [4.78, 5) is 16.6. The Morgan fingerprint density at radius 2 is 2.47 bits per heavy atom. The van der Waals surface area contributed by atoms with Gasteiger partial charge in [0.15, 0.2) is 0 Å². The van der Waals surface area contributed by atoms with Gasteiger partial charge in [-0.25, -0.2) is 4.79 Å². The minimum atomic E-state index is -1.05. The van der Waals surface area contributed by atoms with Crippen LogP contribution in [0.4, 0.5) is 10.5 Å². The molecule has 0 aliphatic carbocycles. The lowest BCUT2D eigenvalue weighted by Gasteiger charge is -2.30. The highest BCUT2D eigenvalue weighted by Crippen LogP contribution is 2.34. The molecule has 0 fully saturated rings. The molecule has 2 rings (SSSR count). The Kier molecular flexibility index (Phi) is 3.03. The second kappa shape index (κ2) is 4.34. The van der Waals surface area contributed by atoms with Gasteiger partial charge in [0.1, 0.15) is 0 Å². The molecule has 0 bridgehead atoms. The second-order valence-electron chi connectivity index (χ2n) is 3.95. The van der Waals surface area contributed by atoms with Crippen LogP contribution in [0.25, 0.3) is 0 Å². The number of fused-ring (bicyclic) bond motifs is 1. The summed E-state index contributed by atoms with van der Waals surface area (Å²) in [5, 5.41) is 18.1. The molecule has 1 aromatic heterocycles. The van der Waals surface area contributed by atoms with E-state index < -0.39 is 6.09 Å². The first-order valence-corrected chi connectivity index (χ1v) is 5.88. The highest BCUT2D eigenvalue weighted by molar-refractivity contribution is 9.10. The molecule has 88 valence electrons. The van der Waals surface area contributed by atoms with Crippen LogP contribution in [-0.2, 0) is 6.42 Å². The number of hydrogen-bond donors (Lipinski definition) is 1. The molecule has 1 aromatic rings. The van der Waals surface area contributed by atoms with E-state index in [0.29, 0.717) is 17.8 Å². The van der Waals surface area contributed by atoms with Crippen molar-refractivity contribution in [3.63, 3.8) is 0 Å². The standard InChI is InChI=1S/C11H10BrN3O2/c1-6-8(12)4-14-9-2-7(3-13)5-15(10(6)9)11(16)17/h4,7H,2,5H2,1H3,(H,16,17). The van der Waals surface area contributed by atoms with Crippen molar-refractivity contribution in [2.24, 2.45) is 5.92 Å². The predicted octanol–water partition coefficient (Wildman–Crippen LogP) is 2.33. The maximum absolute atomic E-state index is 11.2. The smallest absolute Gasteiger partial charge is 0.411 e. The van der Waals surface area contributed by atoms with Gasteiger partial charge in [0.05, 0.1) is 23.4 Å². The van der Waals surface area contributed by atoms with Crippen LogP contribution in [-0.4, -0.2) is 22.7 Å². The molecule has 0 radical (unpaired) electrons. The van der Waals surface area contributed by atoms with Gasteiger partial charge in [-0.3, -0.25) is 9.88 Å². The Bertz CT molecular complexity index is 524. The van der Waals surface area contributed by atoms with Crippen molar-refractivity contribution in [3.05, 3.63) is 21.9 Å². The molecule has 1 amide bonds. The number of nitriles is 1. The molecule has 0 aromatic carbocycles. The highest BCUT2D eigenvalue weighted by Gasteiger charge is 2.31. The van der Waals surface area contributed by atoms with Gasteiger partial charge in [0.2, 0.25) is 0 Å². The average molecular weight is 296 g/mol. The lowest BCUT2D eigenvalue weighted by Crippen LogP contribution is -2.39. The lowest BCUT2D eigenvalue weighted by molar-refractivity contribution is 0.200. The summed E-state index contributed by atoms with van der Waals surface area (Å²) in [5.74, 6) is -0.327. The van der Waals surface area contributed by atoms with Crippen LogP contribution in [0.2, 0.25) is 0 Å². The average Bonchev–Trinajstić information content (AvgIpc) is 2.32. The summed E-state index contributed by atoms with van der Waals surface area (Å²) in [7, 11) is 0. The maximum Gasteiger partial charge on any atom is 0.411 e. The third kappa shape index (κ3) is 1.98. The number of carbonyl (C=O) groups is 1. The zero-order valence-corrected chi connectivity index (χ0v) is 10.7. The summed E-state index contributed by atoms with van der Waals surface area (Å²) in [6, 6.07) is 2.11. The van der Waals surface area contributed by atoms with E-state index >= 15 is 0 Å². The Morgan fingerprint density at radius 1 is 1.76 bits per heavy atom. The van der Waals surface area contributed by atoms with E-state index in [4.69, 9.17) is 5.26 Å². The van der Waals surface area contributed by atoms with E-state index in [2.05, 4.69) is 27.0 Å². The zero-order valence-electron chi connectivity index (χ0n) is 9.14. The number of hydrogen-bond acceptors (Lipinski definition) is 3. The number of amides is 1. The maximum atomic E-state index is 11.2. The molecule has 5 nitrogen and oxygen atoms in total. The minimum Gasteiger partial charge on any atom is -0.465 e. The first-order valence-electron chi connectivity index (χ1n) is 5.08. The Labute approximate surface area is 107 Å². The Morgan fingerprint density at radius 3 is 3.06 bits per heavy atom. The predicted molar refractivity (Wildman–Crippen MR) is 64.9 cm³/mol. The van der Waals surface area contributed by atoms with E-state index in [0.717, 1.165) is 10.0 Å². The van der Waals surface area contributed by atoms with Gasteiger partial charge >= 0.3 is 6.09 Å². The number of nitrogens with zero attached hydrogens (tertiary/aromatic N) is 3. The van der Waals surface area contributed by atoms with Crippen LogP contribution in [0, 0.1) is 24.2 Å². The first-order chi connectivity index (χ1) is 8.04. The van der Waals surface area contributed by atoms with Gasteiger partial charge in [-0.1, -0.05) is 0 Å². The van der Waals surface area contributed by atoms with E-state index in [1.807, 2.05) is 6.92 Å². The monoisotopic (exact) mass is 295 g/mol. The van der Waals surface area contributed by atoms with Crippen molar-refractivity contribution in [1.82, 2.24) is 4.98 Å². The third-order valence-electron chi connectivity index (χ3n) is 2.85. The van der Waals surface area contributed by atoms with Gasteiger partial charge in [0, 0.05) is 23.6 Å². The molecule has 1 aliphatic heterocycles. The number of rotatable bonds is 0. The number of aromatic nitrogens is 1. The van der Waals surface area contributed by atoms with Gasteiger partial charge < -0.3 is 5.11 Å². The first kappa shape index (κ1) is 11.9. The topological polar surface area (TPSA) is 77.2 Å². The Balaban J connectivity index is 2.58. The zero-order chi connectivity index (χ0) is 12.6. The SMILES string of the molecule is Cc1c(Br)cnc2c1N(C(=O)O)CC(C#N)C2. The van der Waals surface area contributed by atoms with Gasteiger partial charge in [-0.15, -0.1) is 0 Å². The molecular formula is C11H10BrN3O2. The summed E-state index contributed by atoms with van der Waals surface area (Å²) in [6.07, 6.45) is 1.10. The molecule has 1 unspecified atom stereocenters. The second-order valence-corrected chi connectivity index (χ2v) is 4.80. The van der Waals surface area contributed by atoms with Crippen LogP contribution in [0.5, 0.6) is 0 Å². The molecule has 0 saturated carbocycles. The summed E-state index contributed by atoms with van der Waals surface area (Å²) in [6.45, 7) is 2.05. The summed E-state index contributed by atoms with van der Waals surface area (Å²) >= 11 is 3.34. The van der Waals surface area contributed by atoms with E-state index in [1.54, 1.807) is 6.20 Å². The van der Waals surface area contributed by atoms with Crippen LogP contribution >= 0.6 is 15.9 Å². The van der Waals surface area contributed by atoms with E-state index in [-0.39, 0.29) is 12.5 Å². The summed E-state index contributed by atoms with van der Waals surface area (Å²) in [5.41, 5.74) is 2.12. The molecule has 1 atom stereocenters. The molecule has 17 heavy (non-hydrogen) atoms. The minimum absolute atomic E-state index is 0.206. The van der Waals surface area contributed by atoms with Crippen LogP contribution in [0.1, 0.15) is 11.3 Å². The van der Waals surface area contributed by atoms with Crippen LogP contribution in [0.15, 0.2) is 10.7 Å². The summed E-state index contributed by atoms with van der Waals surface area (Å²) < 4.78 is 0.776. The van der Waals surface area contributed by atoms with E-state index in [9.17, 15) is 9.90 Å². The van der Waals surface area contributed by atoms with Crippen LogP contribution in [0.3, 0.4) is 0 Å². The number of anilines is 1.